The van der Waals surface area contributed by atoms with E-state index in [1.165, 1.54) is 17.0 Å². The monoisotopic (exact) mass is 408 g/mol. The number of benzene rings is 1. The Balaban J connectivity index is 1.97. The van der Waals surface area contributed by atoms with Crippen LogP contribution >= 0.6 is 0 Å². The molecular weight excluding hydrogens is 375 g/mol. The number of nitrogens with zero attached hydrogens (tertiary/aromatic N) is 2. The van der Waals surface area contributed by atoms with Crippen LogP contribution in [0.15, 0.2) is 24.3 Å². The summed E-state index contributed by atoms with van der Waals surface area (Å²) in [5, 5.41) is 9.58. The third-order valence-electron chi connectivity index (χ3n) is 5.41. The summed E-state index contributed by atoms with van der Waals surface area (Å²) in [5.41, 5.74) is -0.574. The van der Waals surface area contributed by atoms with E-state index >= 15 is 0 Å². The number of rotatable bonds is 6. The average Bonchev–Trinajstić information content (AvgIpc) is 2.62. The number of carbonyl (C=O) groups is 2. The number of piperidine rings is 1. The predicted molar refractivity (Wildman–Crippen MR) is 109 cm³/mol. The van der Waals surface area contributed by atoms with E-state index in [1.807, 2.05) is 39.5 Å². The number of hydrogen-bond donors (Lipinski definition) is 1. The van der Waals surface area contributed by atoms with E-state index in [4.69, 9.17) is 4.74 Å². The van der Waals surface area contributed by atoms with Gasteiger partial charge < -0.3 is 19.6 Å². The largest absolute Gasteiger partial charge is 0.490 e. The number of carboxylic acid groups (broad SMARTS) is 1. The van der Waals surface area contributed by atoms with Gasteiger partial charge in [-0.25, -0.2) is 9.18 Å². The van der Waals surface area contributed by atoms with Crippen LogP contribution in [0.5, 0.6) is 5.75 Å². The zero-order valence-corrected chi connectivity index (χ0v) is 18.0. The Morgan fingerprint density at radius 3 is 2.21 bits per heavy atom. The number of carbonyl (C=O) groups excluding carboxylic acids is 1. The van der Waals surface area contributed by atoms with E-state index in [0.29, 0.717) is 31.7 Å². The van der Waals surface area contributed by atoms with Gasteiger partial charge in [0.05, 0.1) is 5.92 Å². The fourth-order valence-corrected chi connectivity index (χ4v) is 3.54. The van der Waals surface area contributed by atoms with Gasteiger partial charge in [0, 0.05) is 38.0 Å². The molecule has 1 fully saturated rings. The molecule has 1 aromatic carbocycles. The third-order valence-corrected chi connectivity index (χ3v) is 5.41. The normalized spacial score (nSPS) is 16.6. The Morgan fingerprint density at radius 1 is 1.21 bits per heavy atom. The second kappa shape index (κ2) is 9.46. The number of halogens is 1. The van der Waals surface area contributed by atoms with Crippen molar-refractivity contribution in [1.29, 1.82) is 0 Å². The smallest absolute Gasteiger partial charge is 0.407 e. The van der Waals surface area contributed by atoms with Gasteiger partial charge in [0.25, 0.3) is 0 Å². The molecule has 29 heavy (non-hydrogen) atoms. The maximum Gasteiger partial charge on any atom is 0.407 e. The molecule has 7 heteroatoms. The molecule has 1 N–H and O–H groups in total. The summed E-state index contributed by atoms with van der Waals surface area (Å²) in [5.74, 6) is -0.0443. The second-order valence-electron chi connectivity index (χ2n) is 9.01. The van der Waals surface area contributed by atoms with Gasteiger partial charge >= 0.3 is 6.09 Å². The van der Waals surface area contributed by atoms with Crippen molar-refractivity contribution in [2.75, 3.05) is 19.6 Å². The number of hydrogen-bond acceptors (Lipinski definition) is 3. The zero-order valence-electron chi connectivity index (χ0n) is 18.0. The van der Waals surface area contributed by atoms with Crippen LogP contribution in [0.25, 0.3) is 0 Å². The van der Waals surface area contributed by atoms with Gasteiger partial charge in [0.1, 0.15) is 17.7 Å². The average molecular weight is 409 g/mol. The highest BCUT2D eigenvalue weighted by Crippen LogP contribution is 2.25. The van der Waals surface area contributed by atoms with Crippen molar-refractivity contribution >= 4 is 12.0 Å². The molecule has 1 aliphatic heterocycles. The number of ether oxygens (including phenoxy) is 1. The van der Waals surface area contributed by atoms with Gasteiger partial charge in [-0.15, -0.1) is 0 Å². The lowest BCUT2D eigenvalue weighted by Crippen LogP contribution is -2.52. The molecule has 0 radical (unpaired) electrons. The standard InChI is InChI=1S/C22H33FN2O4/c1-15(2)19(14-25(21(27)28)22(3,4)5)20(26)24-12-10-18(11-13-24)29-17-8-6-16(23)7-9-17/h6-9,15,18-19H,10-14H2,1-5H3,(H,27,28)/t19-/m1/s1. The van der Waals surface area contributed by atoms with Gasteiger partial charge in [0.15, 0.2) is 0 Å². The lowest BCUT2D eigenvalue weighted by atomic mass is 9.91. The molecule has 0 unspecified atom stereocenters. The summed E-state index contributed by atoms with van der Waals surface area (Å²) < 4.78 is 18.9. The van der Waals surface area contributed by atoms with Crippen LogP contribution in [0.3, 0.4) is 0 Å². The van der Waals surface area contributed by atoms with Crippen LogP contribution < -0.4 is 4.74 Å². The summed E-state index contributed by atoms with van der Waals surface area (Å²) in [6.07, 6.45) is 0.348. The molecule has 1 atom stereocenters. The molecule has 1 aliphatic rings. The highest BCUT2D eigenvalue weighted by molar-refractivity contribution is 5.80. The maximum absolute atomic E-state index is 13.2. The molecule has 2 rings (SSSR count). The first kappa shape index (κ1) is 23.0. The van der Waals surface area contributed by atoms with Gasteiger partial charge in [-0.3, -0.25) is 4.79 Å². The van der Waals surface area contributed by atoms with Crippen molar-refractivity contribution in [3.05, 3.63) is 30.1 Å². The van der Waals surface area contributed by atoms with Crippen LogP contribution in [0.1, 0.15) is 47.5 Å². The van der Waals surface area contributed by atoms with Crippen LogP contribution in [0.4, 0.5) is 9.18 Å². The van der Waals surface area contributed by atoms with Crippen LogP contribution in [0.2, 0.25) is 0 Å². The Morgan fingerprint density at radius 2 is 1.76 bits per heavy atom. The molecule has 1 saturated heterocycles. The number of amides is 2. The maximum atomic E-state index is 13.2. The van der Waals surface area contributed by atoms with Crippen molar-refractivity contribution in [2.45, 2.75) is 59.1 Å². The summed E-state index contributed by atoms with van der Waals surface area (Å²) in [6, 6.07) is 5.94. The van der Waals surface area contributed by atoms with Crippen LogP contribution in [0, 0.1) is 17.7 Å². The van der Waals surface area contributed by atoms with Crippen molar-refractivity contribution in [1.82, 2.24) is 9.80 Å². The van der Waals surface area contributed by atoms with E-state index in [9.17, 15) is 19.1 Å². The lowest BCUT2D eigenvalue weighted by molar-refractivity contribution is -0.139. The van der Waals surface area contributed by atoms with Crippen molar-refractivity contribution in [2.24, 2.45) is 11.8 Å². The first-order chi connectivity index (χ1) is 13.5. The van der Waals surface area contributed by atoms with Crippen LogP contribution in [-0.4, -0.2) is 58.2 Å². The molecule has 162 valence electrons. The highest BCUT2D eigenvalue weighted by Gasteiger charge is 2.36. The SMILES string of the molecule is CC(C)[C@@H](CN(C(=O)O)C(C)(C)C)C(=O)N1CCC(Oc2ccc(F)cc2)CC1. The minimum Gasteiger partial charge on any atom is -0.490 e. The van der Waals surface area contributed by atoms with E-state index in [2.05, 4.69) is 0 Å². The Kier molecular flexibility index (Phi) is 7.49. The molecular formula is C22H33FN2O4. The predicted octanol–water partition coefficient (Wildman–Crippen LogP) is 4.25. The van der Waals surface area contributed by atoms with Crippen LogP contribution in [-0.2, 0) is 4.79 Å². The minimum atomic E-state index is -1.01. The summed E-state index contributed by atoms with van der Waals surface area (Å²) in [6.45, 7) is 10.7. The van der Waals surface area contributed by atoms with Gasteiger partial charge in [-0.1, -0.05) is 13.8 Å². The Labute approximate surface area is 172 Å². The minimum absolute atomic E-state index is 0.00395. The first-order valence-corrected chi connectivity index (χ1v) is 10.2. The second-order valence-corrected chi connectivity index (χ2v) is 9.01. The highest BCUT2D eigenvalue weighted by atomic mass is 19.1. The molecule has 0 aromatic heterocycles. The Hall–Kier alpha value is -2.31. The molecule has 1 heterocycles. The molecule has 0 aliphatic carbocycles. The number of likely N-dealkylation sites (tertiary alicyclic amines) is 1. The quantitative estimate of drug-likeness (QED) is 0.764. The molecule has 6 nitrogen and oxygen atoms in total. The van der Waals surface area contributed by atoms with Crippen molar-refractivity contribution in [3.8, 4) is 5.75 Å². The van der Waals surface area contributed by atoms with Crippen molar-refractivity contribution < 1.29 is 23.8 Å². The lowest BCUT2D eigenvalue weighted by Gasteiger charge is -2.39. The fraction of sp³-hybridized carbons (Fsp3) is 0.636. The molecule has 0 spiro atoms. The molecule has 0 bridgehead atoms. The van der Waals surface area contributed by atoms with Gasteiger partial charge in [-0.2, -0.15) is 0 Å². The zero-order chi connectivity index (χ0) is 21.8. The Bertz CT molecular complexity index is 692. The van der Waals surface area contributed by atoms with E-state index < -0.39 is 11.6 Å². The van der Waals surface area contributed by atoms with Gasteiger partial charge in [-0.05, 0) is 51.0 Å². The third kappa shape index (κ3) is 6.34. The molecule has 0 saturated carbocycles. The fourth-order valence-electron chi connectivity index (χ4n) is 3.54. The van der Waals surface area contributed by atoms with E-state index in [1.54, 1.807) is 12.1 Å². The van der Waals surface area contributed by atoms with Crippen molar-refractivity contribution in [3.63, 3.8) is 0 Å². The van der Waals surface area contributed by atoms with E-state index in [0.717, 1.165) is 0 Å². The summed E-state index contributed by atoms with van der Waals surface area (Å²) in [4.78, 5) is 28.0. The van der Waals surface area contributed by atoms with E-state index in [-0.39, 0.29) is 36.2 Å². The van der Waals surface area contributed by atoms with Gasteiger partial charge in [0.2, 0.25) is 5.91 Å². The molecule has 1 aromatic rings. The summed E-state index contributed by atoms with van der Waals surface area (Å²) >= 11 is 0. The summed E-state index contributed by atoms with van der Waals surface area (Å²) in [7, 11) is 0. The molecule has 2 amide bonds. The topological polar surface area (TPSA) is 70.1 Å². The first-order valence-electron chi connectivity index (χ1n) is 10.2.